The minimum absolute atomic E-state index is 0.377. The Hall–Kier alpha value is -1.74. The molecule has 0 aromatic heterocycles. The Morgan fingerprint density at radius 2 is 1.21 bits per heavy atom. The molecule has 10 nitrogen and oxygen atoms in total. The van der Waals surface area contributed by atoms with Crippen molar-refractivity contribution >= 4 is 67.8 Å². The Morgan fingerprint density at radius 3 is 1.54 bits per heavy atom. The monoisotopic (exact) mass is 464 g/mol. The lowest BCUT2D eigenvalue weighted by Crippen LogP contribution is -2.22. The fraction of sp³-hybridized carbons (Fsp3) is 0.571. The van der Waals surface area contributed by atoms with Gasteiger partial charge in [-0.15, -0.1) is 23.5 Å². The number of nitrogens with zero attached hydrogens (tertiary/aromatic N) is 6. The first kappa shape index (κ1) is 26.3. The van der Waals surface area contributed by atoms with Crippen molar-refractivity contribution in [1.29, 1.82) is 10.5 Å². The SMILES string of the molecule is C/C(=N/OC(=O)N(C)SSN(C)C(=O)O/N=C(/C)SCCC#N)SCCC#N. The first-order valence-corrected chi connectivity index (χ1v) is 11.7. The number of nitriles is 2. The summed E-state index contributed by atoms with van der Waals surface area (Å²) in [4.78, 5) is 33.2. The maximum atomic E-state index is 11.8. The van der Waals surface area contributed by atoms with Crippen LogP contribution in [0.4, 0.5) is 9.59 Å². The van der Waals surface area contributed by atoms with Gasteiger partial charge in [-0.2, -0.15) is 10.5 Å². The molecule has 0 rings (SSSR count). The predicted molar refractivity (Wildman–Crippen MR) is 115 cm³/mol. The summed E-state index contributed by atoms with van der Waals surface area (Å²) in [5, 5.41) is 25.3. The van der Waals surface area contributed by atoms with Crippen LogP contribution in [0.2, 0.25) is 0 Å². The van der Waals surface area contributed by atoms with Gasteiger partial charge in [0.2, 0.25) is 0 Å². The fourth-order valence-electron chi connectivity index (χ4n) is 1.02. The van der Waals surface area contributed by atoms with Gasteiger partial charge < -0.3 is 0 Å². The summed E-state index contributed by atoms with van der Waals surface area (Å²) in [5.74, 6) is 1.13. The van der Waals surface area contributed by atoms with E-state index in [0.29, 0.717) is 34.4 Å². The van der Waals surface area contributed by atoms with Crippen molar-refractivity contribution in [2.45, 2.75) is 26.7 Å². The van der Waals surface area contributed by atoms with E-state index in [9.17, 15) is 9.59 Å². The van der Waals surface area contributed by atoms with Crippen LogP contribution in [0, 0.1) is 22.7 Å². The molecule has 154 valence electrons. The van der Waals surface area contributed by atoms with E-state index in [1.165, 1.54) is 37.6 Å². The summed E-state index contributed by atoms with van der Waals surface area (Å²) in [6.45, 7) is 3.34. The van der Waals surface area contributed by atoms with Crippen LogP contribution in [0.15, 0.2) is 10.3 Å². The third kappa shape index (κ3) is 13.4. The average Bonchev–Trinajstić information content (AvgIpc) is 2.68. The Kier molecular flexibility index (Phi) is 15.2. The van der Waals surface area contributed by atoms with Gasteiger partial charge in [0.15, 0.2) is 0 Å². The minimum Gasteiger partial charge on any atom is -0.296 e. The van der Waals surface area contributed by atoms with E-state index in [-0.39, 0.29) is 0 Å². The van der Waals surface area contributed by atoms with Crippen molar-refractivity contribution in [3.8, 4) is 12.1 Å². The molecule has 0 heterocycles. The Balaban J connectivity index is 4.22. The molecule has 0 radical (unpaired) electrons. The minimum atomic E-state index is -0.720. The van der Waals surface area contributed by atoms with E-state index in [1.54, 1.807) is 13.8 Å². The molecule has 0 N–H and O–H groups in total. The molecule has 2 amide bonds. The summed E-state index contributed by atoms with van der Waals surface area (Å²) >= 11 is 2.62. The number of thioether (sulfide) groups is 2. The van der Waals surface area contributed by atoms with Gasteiger partial charge in [-0.05, 0) is 13.8 Å². The highest BCUT2D eigenvalue weighted by atomic mass is 33.1. The second kappa shape index (κ2) is 16.2. The molecule has 0 saturated carbocycles. The normalized spacial score (nSPS) is 11.2. The quantitative estimate of drug-likeness (QED) is 0.0925. The standard InChI is InChI=1S/C14H20N6O4S4/c1-11(25-9-5-7-15)17-23-13(21)19(3)27-28-20(4)14(22)24-18-12(2)26-10-6-8-16/h5-6,9-10H2,1-4H3/b17-11-,18-12-. The maximum Gasteiger partial charge on any atom is 0.446 e. The zero-order chi connectivity index (χ0) is 21.4. The second-order valence-electron chi connectivity index (χ2n) is 4.59. The van der Waals surface area contributed by atoms with Gasteiger partial charge in [0, 0.05) is 60.4 Å². The van der Waals surface area contributed by atoms with Crippen molar-refractivity contribution in [3.05, 3.63) is 0 Å². The number of oxime groups is 2. The van der Waals surface area contributed by atoms with Crippen LogP contribution in [0.5, 0.6) is 0 Å². The van der Waals surface area contributed by atoms with Gasteiger partial charge in [-0.25, -0.2) is 18.2 Å². The molecular formula is C14H20N6O4S4. The molecule has 0 fully saturated rings. The Labute approximate surface area is 180 Å². The average molecular weight is 465 g/mol. The van der Waals surface area contributed by atoms with Crippen LogP contribution >= 0.6 is 45.5 Å². The van der Waals surface area contributed by atoms with Crippen molar-refractivity contribution in [2.24, 2.45) is 10.3 Å². The lowest BCUT2D eigenvalue weighted by atomic mass is 10.6. The van der Waals surface area contributed by atoms with Gasteiger partial charge in [-0.3, -0.25) is 9.68 Å². The van der Waals surface area contributed by atoms with Crippen molar-refractivity contribution in [2.75, 3.05) is 25.6 Å². The number of hydrogen-bond donors (Lipinski definition) is 0. The number of carbonyl (C=O) groups excluding carboxylic acids is 2. The second-order valence-corrected chi connectivity index (χ2v) is 9.46. The number of hydrogen-bond acceptors (Lipinski definition) is 12. The summed E-state index contributed by atoms with van der Waals surface area (Å²) in [5.41, 5.74) is 0. The third-order valence-corrected chi connectivity index (χ3v) is 6.48. The fourth-order valence-corrected chi connectivity index (χ4v) is 3.53. The zero-order valence-corrected chi connectivity index (χ0v) is 19.0. The van der Waals surface area contributed by atoms with Crippen LogP contribution < -0.4 is 0 Å². The number of amides is 2. The summed E-state index contributed by atoms with van der Waals surface area (Å²) < 4.78 is 2.30. The van der Waals surface area contributed by atoms with Gasteiger partial charge in [0.1, 0.15) is 10.1 Å². The summed E-state index contributed by atoms with van der Waals surface area (Å²) in [7, 11) is 4.79. The highest BCUT2D eigenvalue weighted by Crippen LogP contribution is 2.28. The molecule has 0 bridgehead atoms. The van der Waals surface area contributed by atoms with Crippen molar-refractivity contribution in [1.82, 2.24) is 8.61 Å². The summed E-state index contributed by atoms with van der Waals surface area (Å²) in [6.07, 6.45) is -0.685. The molecule has 0 atom stereocenters. The molecule has 0 aliphatic heterocycles. The van der Waals surface area contributed by atoms with Crippen molar-refractivity contribution < 1.29 is 19.3 Å². The largest absolute Gasteiger partial charge is 0.446 e. The molecule has 14 heteroatoms. The molecule has 0 aromatic rings. The number of rotatable bonds is 9. The van der Waals surface area contributed by atoms with E-state index >= 15 is 0 Å². The van der Waals surface area contributed by atoms with Gasteiger partial charge >= 0.3 is 12.2 Å². The van der Waals surface area contributed by atoms with E-state index in [1.807, 2.05) is 12.1 Å². The van der Waals surface area contributed by atoms with Crippen LogP contribution in [0.25, 0.3) is 0 Å². The molecule has 0 unspecified atom stereocenters. The lowest BCUT2D eigenvalue weighted by Gasteiger charge is -2.16. The first-order chi connectivity index (χ1) is 13.3. The topological polar surface area (TPSA) is 131 Å². The Morgan fingerprint density at radius 1 is 0.857 bits per heavy atom. The molecular weight excluding hydrogens is 444 g/mol. The van der Waals surface area contributed by atoms with Gasteiger partial charge in [-0.1, -0.05) is 10.3 Å². The van der Waals surface area contributed by atoms with Gasteiger partial charge in [0.05, 0.1) is 12.1 Å². The first-order valence-electron chi connectivity index (χ1n) is 7.64. The molecule has 0 aromatic carbocycles. The van der Waals surface area contributed by atoms with E-state index in [0.717, 1.165) is 30.6 Å². The maximum absolute atomic E-state index is 11.8. The molecule has 28 heavy (non-hydrogen) atoms. The van der Waals surface area contributed by atoms with E-state index in [2.05, 4.69) is 10.3 Å². The number of carbonyl (C=O) groups is 2. The predicted octanol–water partition coefficient (Wildman–Crippen LogP) is 4.30. The zero-order valence-electron chi connectivity index (χ0n) is 15.8. The Bertz CT molecular complexity index is 605. The van der Waals surface area contributed by atoms with Crippen LogP contribution in [-0.4, -0.2) is 56.5 Å². The van der Waals surface area contributed by atoms with E-state index < -0.39 is 12.2 Å². The third-order valence-electron chi connectivity index (χ3n) is 2.33. The van der Waals surface area contributed by atoms with Crippen LogP contribution in [0.3, 0.4) is 0 Å². The molecule has 0 aliphatic carbocycles. The molecule has 0 aliphatic rings. The lowest BCUT2D eigenvalue weighted by molar-refractivity contribution is 0.136. The van der Waals surface area contributed by atoms with Crippen LogP contribution in [-0.2, 0) is 9.68 Å². The van der Waals surface area contributed by atoms with Crippen LogP contribution in [0.1, 0.15) is 26.7 Å². The van der Waals surface area contributed by atoms with Gasteiger partial charge in [0.25, 0.3) is 0 Å². The summed E-state index contributed by atoms with van der Waals surface area (Å²) in [6, 6.07) is 4.02. The van der Waals surface area contributed by atoms with Crippen molar-refractivity contribution in [3.63, 3.8) is 0 Å². The van der Waals surface area contributed by atoms with E-state index in [4.69, 9.17) is 20.2 Å². The highest BCUT2D eigenvalue weighted by molar-refractivity contribution is 8.75. The molecule has 0 spiro atoms. The highest BCUT2D eigenvalue weighted by Gasteiger charge is 2.17. The molecule has 0 saturated heterocycles. The smallest absolute Gasteiger partial charge is 0.296 e.